The van der Waals surface area contributed by atoms with Crippen molar-refractivity contribution in [1.82, 2.24) is 10.2 Å². The van der Waals surface area contributed by atoms with Gasteiger partial charge in [-0.05, 0) is 30.2 Å². The fourth-order valence-electron chi connectivity index (χ4n) is 3.24. The number of anilines is 2. The Hall–Kier alpha value is -2.77. The summed E-state index contributed by atoms with van der Waals surface area (Å²) in [5.74, 6) is -0.752. The average Bonchev–Trinajstić information content (AvgIpc) is 3.31. The number of carbonyl (C=O) groups is 2. The maximum atomic E-state index is 12.6. The number of rotatable bonds is 5. The van der Waals surface area contributed by atoms with Gasteiger partial charge in [-0.25, -0.2) is 0 Å². The predicted octanol–water partition coefficient (Wildman–Crippen LogP) is 4.08. The lowest BCUT2D eigenvalue weighted by Gasteiger charge is -2.17. The molecule has 29 heavy (non-hydrogen) atoms. The predicted molar refractivity (Wildman–Crippen MR) is 114 cm³/mol. The molecule has 0 bridgehead atoms. The highest BCUT2D eigenvalue weighted by molar-refractivity contribution is 7.15. The van der Waals surface area contributed by atoms with E-state index in [1.165, 1.54) is 11.3 Å². The number of nitrogens with one attached hydrogen (secondary N) is 1. The quantitative estimate of drug-likeness (QED) is 0.666. The Kier molecular flexibility index (Phi) is 5.60. The van der Waals surface area contributed by atoms with E-state index in [0.29, 0.717) is 28.8 Å². The first-order valence-corrected chi connectivity index (χ1v) is 10.4. The van der Waals surface area contributed by atoms with Crippen molar-refractivity contribution in [3.63, 3.8) is 0 Å². The summed E-state index contributed by atoms with van der Waals surface area (Å²) in [5, 5.41) is 12.9. The zero-order chi connectivity index (χ0) is 20.4. The van der Waals surface area contributed by atoms with Gasteiger partial charge in [-0.15, -0.1) is 10.2 Å². The Morgan fingerprint density at radius 2 is 2.03 bits per heavy atom. The van der Waals surface area contributed by atoms with Crippen molar-refractivity contribution >= 4 is 45.6 Å². The minimum atomic E-state index is -0.441. The van der Waals surface area contributed by atoms with E-state index in [1.807, 2.05) is 49.4 Å². The van der Waals surface area contributed by atoms with Gasteiger partial charge in [-0.2, -0.15) is 0 Å². The van der Waals surface area contributed by atoms with Crippen LogP contribution in [-0.2, 0) is 16.0 Å². The highest BCUT2D eigenvalue weighted by atomic mass is 35.5. The number of aromatic nitrogens is 2. The van der Waals surface area contributed by atoms with Gasteiger partial charge in [0.2, 0.25) is 16.9 Å². The third-order valence-electron chi connectivity index (χ3n) is 4.86. The molecule has 1 atom stereocenters. The first-order chi connectivity index (χ1) is 14.0. The zero-order valence-corrected chi connectivity index (χ0v) is 17.3. The molecule has 4 rings (SSSR count). The van der Waals surface area contributed by atoms with Crippen molar-refractivity contribution in [3.8, 4) is 0 Å². The minimum absolute atomic E-state index is 0.0906. The Labute approximate surface area is 177 Å². The van der Waals surface area contributed by atoms with E-state index in [1.54, 1.807) is 11.0 Å². The topological polar surface area (TPSA) is 75.2 Å². The van der Waals surface area contributed by atoms with Crippen molar-refractivity contribution in [3.05, 3.63) is 69.7 Å². The molecule has 1 aliphatic heterocycles. The molecule has 148 valence electrons. The molecule has 0 spiro atoms. The van der Waals surface area contributed by atoms with E-state index in [9.17, 15) is 9.59 Å². The van der Waals surface area contributed by atoms with Gasteiger partial charge in [0, 0.05) is 30.1 Å². The van der Waals surface area contributed by atoms with Gasteiger partial charge in [-0.1, -0.05) is 59.3 Å². The van der Waals surface area contributed by atoms with Gasteiger partial charge >= 0.3 is 0 Å². The van der Waals surface area contributed by atoms with Crippen LogP contribution >= 0.6 is 22.9 Å². The van der Waals surface area contributed by atoms with Crippen molar-refractivity contribution < 1.29 is 9.59 Å². The molecule has 2 aromatic carbocycles. The molecule has 0 aliphatic carbocycles. The Balaban J connectivity index is 1.39. The zero-order valence-electron chi connectivity index (χ0n) is 15.8. The van der Waals surface area contributed by atoms with Gasteiger partial charge in [0.15, 0.2) is 0 Å². The van der Waals surface area contributed by atoms with Crippen LogP contribution in [0.2, 0.25) is 5.02 Å². The number of halogens is 1. The lowest BCUT2D eigenvalue weighted by Crippen LogP contribution is -2.28. The van der Waals surface area contributed by atoms with Gasteiger partial charge < -0.3 is 10.2 Å². The van der Waals surface area contributed by atoms with Crippen LogP contribution in [0.15, 0.2) is 48.5 Å². The van der Waals surface area contributed by atoms with Crippen LogP contribution in [-0.4, -0.2) is 28.6 Å². The second-order valence-corrected chi connectivity index (χ2v) is 8.46. The lowest BCUT2D eigenvalue weighted by atomic mass is 10.1. The number of hydrogen-bond acceptors (Lipinski definition) is 5. The van der Waals surface area contributed by atoms with E-state index in [0.717, 1.165) is 16.1 Å². The summed E-state index contributed by atoms with van der Waals surface area (Å²) in [6.07, 6.45) is 0.825. The highest BCUT2D eigenvalue weighted by Crippen LogP contribution is 2.29. The SMILES string of the molecule is Cc1ccc(N2CC(C(=O)Nc3nnc(Cc4ccccc4)s3)CC2=O)cc1Cl. The molecule has 0 radical (unpaired) electrons. The number of aryl methyl sites for hydroxylation is 1. The molecule has 1 fully saturated rings. The average molecular weight is 427 g/mol. The maximum Gasteiger partial charge on any atom is 0.231 e. The number of nitrogens with zero attached hydrogens (tertiary/aromatic N) is 3. The summed E-state index contributed by atoms with van der Waals surface area (Å²) < 4.78 is 0. The van der Waals surface area contributed by atoms with Crippen molar-refractivity contribution in [2.24, 2.45) is 5.92 Å². The van der Waals surface area contributed by atoms with Crippen LogP contribution in [0.3, 0.4) is 0 Å². The van der Waals surface area contributed by atoms with Crippen LogP contribution in [0, 0.1) is 12.8 Å². The molecular weight excluding hydrogens is 408 g/mol. The Morgan fingerprint density at radius 3 is 2.79 bits per heavy atom. The third kappa shape index (κ3) is 4.46. The molecule has 1 aliphatic rings. The van der Waals surface area contributed by atoms with Gasteiger partial charge in [0.1, 0.15) is 5.01 Å². The molecule has 1 aromatic heterocycles. The fourth-order valence-corrected chi connectivity index (χ4v) is 4.19. The highest BCUT2D eigenvalue weighted by Gasteiger charge is 2.35. The summed E-state index contributed by atoms with van der Waals surface area (Å²) >= 11 is 7.52. The molecular formula is C21H19ClN4O2S. The van der Waals surface area contributed by atoms with Crippen molar-refractivity contribution in [2.75, 3.05) is 16.8 Å². The number of hydrogen-bond donors (Lipinski definition) is 1. The number of amides is 2. The summed E-state index contributed by atoms with van der Waals surface area (Å²) in [7, 11) is 0. The summed E-state index contributed by atoms with van der Waals surface area (Å²) in [6, 6.07) is 15.4. The fraction of sp³-hybridized carbons (Fsp3) is 0.238. The van der Waals surface area contributed by atoms with E-state index >= 15 is 0 Å². The standard InChI is InChI=1S/C21H19ClN4O2S/c1-13-7-8-16(11-17(13)22)26-12-15(10-19(26)27)20(28)23-21-25-24-18(29-21)9-14-5-3-2-4-6-14/h2-8,11,15H,9-10,12H2,1H3,(H,23,25,28). The largest absolute Gasteiger partial charge is 0.312 e. The summed E-state index contributed by atoms with van der Waals surface area (Å²) in [5.41, 5.74) is 2.79. The minimum Gasteiger partial charge on any atom is -0.312 e. The van der Waals surface area contributed by atoms with E-state index in [4.69, 9.17) is 11.6 Å². The molecule has 1 N–H and O–H groups in total. The Morgan fingerprint density at radius 1 is 1.24 bits per heavy atom. The van der Waals surface area contributed by atoms with Crippen LogP contribution in [0.4, 0.5) is 10.8 Å². The smallest absolute Gasteiger partial charge is 0.231 e. The van der Waals surface area contributed by atoms with Crippen LogP contribution in [0.5, 0.6) is 0 Å². The van der Waals surface area contributed by atoms with E-state index < -0.39 is 5.92 Å². The second-order valence-electron chi connectivity index (χ2n) is 6.99. The van der Waals surface area contributed by atoms with Crippen LogP contribution in [0.25, 0.3) is 0 Å². The van der Waals surface area contributed by atoms with Crippen LogP contribution < -0.4 is 10.2 Å². The molecule has 2 amide bonds. The monoisotopic (exact) mass is 426 g/mol. The van der Waals surface area contributed by atoms with Gasteiger partial charge in [0.25, 0.3) is 0 Å². The van der Waals surface area contributed by atoms with Gasteiger partial charge in [0.05, 0.1) is 5.92 Å². The first-order valence-electron chi connectivity index (χ1n) is 9.23. The molecule has 0 saturated carbocycles. The second kappa shape index (κ2) is 8.31. The third-order valence-corrected chi connectivity index (χ3v) is 6.10. The molecule has 8 heteroatoms. The molecule has 1 unspecified atom stereocenters. The van der Waals surface area contributed by atoms with E-state index in [2.05, 4.69) is 15.5 Å². The molecule has 2 heterocycles. The van der Waals surface area contributed by atoms with Crippen molar-refractivity contribution in [2.45, 2.75) is 19.8 Å². The maximum absolute atomic E-state index is 12.6. The molecule has 3 aromatic rings. The van der Waals surface area contributed by atoms with Crippen LogP contribution in [0.1, 0.15) is 22.6 Å². The van der Waals surface area contributed by atoms with Gasteiger partial charge in [-0.3, -0.25) is 9.59 Å². The number of benzene rings is 2. The first kappa shape index (κ1) is 19.5. The Bertz CT molecular complexity index is 1050. The van der Waals surface area contributed by atoms with E-state index in [-0.39, 0.29) is 18.2 Å². The summed E-state index contributed by atoms with van der Waals surface area (Å²) in [4.78, 5) is 26.7. The lowest BCUT2D eigenvalue weighted by molar-refractivity contribution is -0.122. The molecule has 6 nitrogen and oxygen atoms in total. The normalized spacial score (nSPS) is 16.3. The number of carbonyl (C=O) groups excluding carboxylic acids is 2. The van der Waals surface area contributed by atoms with Crippen molar-refractivity contribution in [1.29, 1.82) is 0 Å². The summed E-state index contributed by atoms with van der Waals surface area (Å²) in [6.45, 7) is 2.22. The molecule has 1 saturated heterocycles.